The highest BCUT2D eigenvalue weighted by molar-refractivity contribution is 5.29. The molecular formula is C17H24N6O. The molecule has 7 heteroatoms. The minimum Gasteiger partial charge on any atom is -0.379 e. The molecule has 2 aliphatic heterocycles. The molecule has 2 aliphatic rings. The molecule has 128 valence electrons. The number of H-pyrrole nitrogens is 1. The van der Waals surface area contributed by atoms with Crippen LogP contribution in [0.3, 0.4) is 0 Å². The third kappa shape index (κ3) is 3.42. The van der Waals surface area contributed by atoms with Gasteiger partial charge in [0.15, 0.2) is 0 Å². The second-order valence-corrected chi connectivity index (χ2v) is 6.91. The van der Waals surface area contributed by atoms with Gasteiger partial charge in [-0.05, 0) is 25.5 Å². The molecule has 2 aromatic rings. The Balaban J connectivity index is 1.49. The molecule has 24 heavy (non-hydrogen) atoms. The number of nitrogens with zero attached hydrogens (tertiary/aromatic N) is 5. The van der Waals surface area contributed by atoms with E-state index in [0.717, 1.165) is 51.9 Å². The molecule has 0 aromatic carbocycles. The van der Waals surface area contributed by atoms with Crippen molar-refractivity contribution in [3.8, 4) is 0 Å². The second-order valence-electron chi connectivity index (χ2n) is 6.91. The zero-order chi connectivity index (χ0) is 16.2. The summed E-state index contributed by atoms with van der Waals surface area (Å²) < 4.78 is 5.98. The first kappa shape index (κ1) is 15.5. The van der Waals surface area contributed by atoms with Crippen molar-refractivity contribution in [2.24, 2.45) is 5.41 Å². The molecule has 0 bridgehead atoms. The first-order chi connectivity index (χ1) is 11.8. The maximum Gasteiger partial charge on any atom is 0.225 e. The van der Waals surface area contributed by atoms with Crippen LogP contribution in [0.15, 0.2) is 31.0 Å². The molecule has 2 aromatic heterocycles. The summed E-state index contributed by atoms with van der Waals surface area (Å²) in [6.07, 6.45) is 9.67. The number of nitrogens with one attached hydrogen (secondary N) is 1. The van der Waals surface area contributed by atoms with Gasteiger partial charge in [0.1, 0.15) is 0 Å². The number of likely N-dealkylation sites (tertiary alicyclic amines) is 1. The number of ether oxygens (including phenoxy) is 1. The van der Waals surface area contributed by atoms with Crippen LogP contribution in [0.1, 0.15) is 18.5 Å². The molecule has 7 nitrogen and oxygen atoms in total. The minimum absolute atomic E-state index is 0.147. The smallest absolute Gasteiger partial charge is 0.225 e. The first-order valence-electron chi connectivity index (χ1n) is 8.62. The van der Waals surface area contributed by atoms with E-state index in [2.05, 4.69) is 29.7 Å². The molecule has 1 unspecified atom stereocenters. The number of hydrogen-bond donors (Lipinski definition) is 1. The van der Waals surface area contributed by atoms with Gasteiger partial charge in [-0.25, -0.2) is 15.0 Å². The van der Waals surface area contributed by atoms with Crippen LogP contribution in [0.25, 0.3) is 0 Å². The molecule has 1 N–H and O–H groups in total. The van der Waals surface area contributed by atoms with E-state index in [1.54, 1.807) is 6.33 Å². The highest BCUT2D eigenvalue weighted by Gasteiger charge is 2.39. The summed E-state index contributed by atoms with van der Waals surface area (Å²) in [5.41, 5.74) is 1.32. The highest BCUT2D eigenvalue weighted by atomic mass is 16.5. The lowest BCUT2D eigenvalue weighted by Gasteiger charge is -2.43. The van der Waals surface area contributed by atoms with E-state index in [1.807, 2.05) is 24.7 Å². The molecule has 0 aliphatic carbocycles. The third-order valence-corrected chi connectivity index (χ3v) is 4.96. The Labute approximate surface area is 142 Å². The largest absolute Gasteiger partial charge is 0.379 e. The molecule has 4 rings (SSSR count). The molecule has 1 spiro atoms. The van der Waals surface area contributed by atoms with Crippen molar-refractivity contribution in [1.29, 1.82) is 0 Å². The Morgan fingerprint density at radius 3 is 2.96 bits per heavy atom. The number of hydrogen-bond acceptors (Lipinski definition) is 6. The average Bonchev–Trinajstić information content (AvgIpc) is 3.03. The van der Waals surface area contributed by atoms with Crippen LogP contribution < -0.4 is 4.90 Å². The summed E-state index contributed by atoms with van der Waals surface area (Å²) in [7, 11) is 0. The molecule has 0 radical (unpaired) electrons. The number of aromatic nitrogens is 4. The Morgan fingerprint density at radius 1 is 1.21 bits per heavy atom. The van der Waals surface area contributed by atoms with Crippen molar-refractivity contribution in [3.05, 3.63) is 36.7 Å². The van der Waals surface area contributed by atoms with Gasteiger partial charge < -0.3 is 14.6 Å². The zero-order valence-corrected chi connectivity index (χ0v) is 13.9. The van der Waals surface area contributed by atoms with Crippen LogP contribution in [-0.4, -0.2) is 64.2 Å². The predicted molar refractivity (Wildman–Crippen MR) is 90.6 cm³/mol. The first-order valence-corrected chi connectivity index (χ1v) is 8.62. The lowest BCUT2D eigenvalue weighted by Crippen LogP contribution is -2.50. The van der Waals surface area contributed by atoms with Gasteiger partial charge in [0, 0.05) is 55.9 Å². The summed E-state index contributed by atoms with van der Waals surface area (Å²) in [6, 6.07) is 1.86. The number of rotatable bonds is 3. The van der Waals surface area contributed by atoms with Crippen molar-refractivity contribution >= 4 is 5.95 Å². The lowest BCUT2D eigenvalue weighted by atomic mass is 9.80. The molecule has 0 amide bonds. The third-order valence-electron chi connectivity index (χ3n) is 4.96. The van der Waals surface area contributed by atoms with E-state index < -0.39 is 0 Å². The van der Waals surface area contributed by atoms with E-state index >= 15 is 0 Å². The van der Waals surface area contributed by atoms with Crippen molar-refractivity contribution in [1.82, 2.24) is 24.8 Å². The van der Waals surface area contributed by atoms with E-state index in [-0.39, 0.29) is 5.41 Å². The van der Waals surface area contributed by atoms with Gasteiger partial charge in [-0.1, -0.05) is 0 Å². The van der Waals surface area contributed by atoms with Crippen LogP contribution in [0.2, 0.25) is 0 Å². The lowest BCUT2D eigenvalue weighted by molar-refractivity contribution is 0.0103. The Bertz CT molecular complexity index is 634. The maximum absolute atomic E-state index is 5.98. The monoisotopic (exact) mass is 328 g/mol. The highest BCUT2D eigenvalue weighted by Crippen LogP contribution is 2.34. The van der Waals surface area contributed by atoms with Gasteiger partial charge in [0.2, 0.25) is 5.95 Å². The Morgan fingerprint density at radius 2 is 2.12 bits per heavy atom. The molecular weight excluding hydrogens is 304 g/mol. The number of aromatic amines is 1. The van der Waals surface area contributed by atoms with Gasteiger partial charge in [-0.3, -0.25) is 4.90 Å². The van der Waals surface area contributed by atoms with E-state index in [1.165, 1.54) is 18.5 Å². The van der Waals surface area contributed by atoms with E-state index in [9.17, 15) is 0 Å². The average molecular weight is 328 g/mol. The van der Waals surface area contributed by atoms with Gasteiger partial charge in [0.05, 0.1) is 19.5 Å². The normalized spacial score (nSPS) is 25.8. The maximum atomic E-state index is 5.98. The summed E-state index contributed by atoms with van der Waals surface area (Å²) in [5, 5.41) is 0. The van der Waals surface area contributed by atoms with Crippen LogP contribution in [-0.2, 0) is 11.3 Å². The molecule has 0 saturated carbocycles. The van der Waals surface area contributed by atoms with Gasteiger partial charge in [-0.15, -0.1) is 0 Å². The molecule has 1 atom stereocenters. The zero-order valence-electron chi connectivity index (χ0n) is 13.9. The standard InChI is InChI=1S/C17H24N6O/c1-3-17(11-22(6-1)10-15-9-18-14-21-15)12-23(7-8-24-13-17)16-19-4-2-5-20-16/h2,4-5,9,14H,1,3,6-8,10-13H2,(H,18,21). The summed E-state index contributed by atoms with van der Waals surface area (Å²) >= 11 is 0. The van der Waals surface area contributed by atoms with Crippen LogP contribution in [0.5, 0.6) is 0 Å². The summed E-state index contributed by atoms with van der Waals surface area (Å²) in [5.74, 6) is 0.813. The van der Waals surface area contributed by atoms with Crippen LogP contribution in [0.4, 0.5) is 5.95 Å². The van der Waals surface area contributed by atoms with Crippen LogP contribution >= 0.6 is 0 Å². The Kier molecular flexibility index (Phi) is 4.44. The van der Waals surface area contributed by atoms with Gasteiger partial charge in [0.25, 0.3) is 0 Å². The summed E-state index contributed by atoms with van der Waals surface area (Å²) in [6.45, 7) is 6.45. The van der Waals surface area contributed by atoms with Gasteiger partial charge in [-0.2, -0.15) is 0 Å². The summed E-state index contributed by atoms with van der Waals surface area (Å²) in [4.78, 5) is 21.0. The fourth-order valence-electron chi connectivity index (χ4n) is 3.92. The van der Waals surface area contributed by atoms with Crippen molar-refractivity contribution < 1.29 is 4.74 Å². The fraction of sp³-hybridized carbons (Fsp3) is 0.588. The number of piperidine rings is 1. The quantitative estimate of drug-likeness (QED) is 0.916. The SMILES string of the molecule is c1cnc(N2CCOCC3(CCCN(Cc4cnc[nH]4)C3)C2)nc1. The van der Waals surface area contributed by atoms with Crippen molar-refractivity contribution in [2.75, 3.05) is 44.3 Å². The number of anilines is 1. The second kappa shape index (κ2) is 6.86. The van der Waals surface area contributed by atoms with Crippen molar-refractivity contribution in [3.63, 3.8) is 0 Å². The van der Waals surface area contributed by atoms with E-state index in [0.29, 0.717) is 0 Å². The minimum atomic E-state index is 0.147. The van der Waals surface area contributed by atoms with Gasteiger partial charge >= 0.3 is 0 Å². The number of imidazole rings is 1. The van der Waals surface area contributed by atoms with Crippen molar-refractivity contribution in [2.45, 2.75) is 19.4 Å². The predicted octanol–water partition coefficient (Wildman–Crippen LogP) is 1.32. The van der Waals surface area contributed by atoms with E-state index in [4.69, 9.17) is 4.74 Å². The Hall–Kier alpha value is -1.99. The van der Waals surface area contributed by atoms with Crippen LogP contribution in [0, 0.1) is 5.41 Å². The topological polar surface area (TPSA) is 70.2 Å². The molecule has 4 heterocycles. The molecule has 2 saturated heterocycles. The molecule has 2 fully saturated rings. The fourth-order valence-corrected chi connectivity index (χ4v) is 3.92.